The summed E-state index contributed by atoms with van der Waals surface area (Å²) < 4.78 is 0. The van der Waals surface area contributed by atoms with Crippen LogP contribution >= 0.6 is 11.6 Å². The number of fused-ring (bicyclic) bond motifs is 1. The van der Waals surface area contributed by atoms with E-state index in [0.717, 1.165) is 41.8 Å². The van der Waals surface area contributed by atoms with Crippen LogP contribution in [0.3, 0.4) is 0 Å². The van der Waals surface area contributed by atoms with E-state index in [-0.39, 0.29) is 6.04 Å². The molecule has 0 unspecified atom stereocenters. The maximum atomic E-state index is 6.40. The van der Waals surface area contributed by atoms with E-state index in [0.29, 0.717) is 16.8 Å². The van der Waals surface area contributed by atoms with Crippen molar-refractivity contribution in [3.8, 4) is 11.4 Å². The first kappa shape index (κ1) is 18.0. The Balaban J connectivity index is 1.48. The molecule has 2 aromatic heterocycles. The van der Waals surface area contributed by atoms with Crippen LogP contribution in [0, 0.1) is 6.92 Å². The first-order valence-corrected chi connectivity index (χ1v) is 9.95. The minimum Gasteiger partial charge on any atom is -0.351 e. The number of hydrogen-bond donors (Lipinski definition) is 2. The topological polar surface area (TPSA) is 82.6 Å². The van der Waals surface area contributed by atoms with Crippen molar-refractivity contribution >= 4 is 28.3 Å². The highest BCUT2D eigenvalue weighted by Gasteiger charge is 2.24. The van der Waals surface area contributed by atoms with Gasteiger partial charge in [-0.15, -0.1) is 10.2 Å². The van der Waals surface area contributed by atoms with Crippen molar-refractivity contribution in [2.45, 2.75) is 13.0 Å². The van der Waals surface area contributed by atoms with E-state index >= 15 is 0 Å². The maximum Gasteiger partial charge on any atom is 0.194 e. The number of halogens is 1. The molecule has 2 aromatic carbocycles. The number of rotatable bonds is 3. The summed E-state index contributed by atoms with van der Waals surface area (Å²) in [5, 5.41) is 20.6. The molecule has 1 fully saturated rings. The van der Waals surface area contributed by atoms with E-state index < -0.39 is 0 Å². The van der Waals surface area contributed by atoms with Crippen LogP contribution in [0.5, 0.6) is 0 Å². The Hall–Kier alpha value is -3.03. The summed E-state index contributed by atoms with van der Waals surface area (Å²) in [5.74, 6) is 1.23. The Kier molecular flexibility index (Phi) is 4.61. The zero-order valence-corrected chi connectivity index (χ0v) is 16.7. The Morgan fingerprint density at radius 2 is 1.97 bits per heavy atom. The van der Waals surface area contributed by atoms with Crippen LogP contribution < -0.4 is 10.2 Å². The molecule has 29 heavy (non-hydrogen) atoms. The van der Waals surface area contributed by atoms with Gasteiger partial charge in [0.1, 0.15) is 0 Å². The molecular weight excluding hydrogens is 386 g/mol. The van der Waals surface area contributed by atoms with E-state index in [9.17, 15) is 0 Å². The molecule has 5 rings (SSSR count). The zero-order chi connectivity index (χ0) is 19.8. The quantitative estimate of drug-likeness (QED) is 0.542. The standard InChI is InChI=1S/C21H20ClN7/c1-13-16-11-15(7-8-17(16)26-25-13)20-24-21(19(22)27-28-20)29-10-9-23-18(12-29)14-5-3-2-4-6-14/h2-8,11,18,23H,9-10,12H2,1H3,(H,25,26)/t18-/m0/s1. The fraction of sp³-hybridized carbons (Fsp3) is 0.238. The van der Waals surface area contributed by atoms with Gasteiger partial charge in [0.2, 0.25) is 0 Å². The average Bonchev–Trinajstić information content (AvgIpc) is 3.15. The Morgan fingerprint density at radius 1 is 1.10 bits per heavy atom. The predicted octanol–water partition coefficient (Wildman–Crippen LogP) is 3.53. The summed E-state index contributed by atoms with van der Waals surface area (Å²) in [6, 6.07) is 16.6. The first-order valence-electron chi connectivity index (χ1n) is 9.57. The highest BCUT2D eigenvalue weighted by Crippen LogP contribution is 2.29. The molecule has 1 aliphatic rings. The van der Waals surface area contributed by atoms with E-state index in [1.54, 1.807) is 0 Å². The van der Waals surface area contributed by atoms with Crippen molar-refractivity contribution in [2.24, 2.45) is 0 Å². The molecule has 7 nitrogen and oxygen atoms in total. The van der Waals surface area contributed by atoms with Gasteiger partial charge in [-0.3, -0.25) is 5.10 Å². The van der Waals surface area contributed by atoms with E-state index in [2.05, 4.69) is 54.9 Å². The summed E-state index contributed by atoms with van der Waals surface area (Å²) in [4.78, 5) is 6.95. The fourth-order valence-corrected chi connectivity index (χ4v) is 3.96. The largest absolute Gasteiger partial charge is 0.351 e. The van der Waals surface area contributed by atoms with Gasteiger partial charge in [-0.05, 0) is 30.7 Å². The van der Waals surface area contributed by atoms with Crippen molar-refractivity contribution < 1.29 is 0 Å². The van der Waals surface area contributed by atoms with Gasteiger partial charge < -0.3 is 10.2 Å². The smallest absolute Gasteiger partial charge is 0.194 e. The molecule has 0 amide bonds. The van der Waals surface area contributed by atoms with Gasteiger partial charge in [0.05, 0.1) is 11.2 Å². The van der Waals surface area contributed by atoms with Crippen LogP contribution in [0.15, 0.2) is 48.5 Å². The van der Waals surface area contributed by atoms with Gasteiger partial charge in [-0.25, -0.2) is 4.98 Å². The average molecular weight is 406 g/mol. The summed E-state index contributed by atoms with van der Waals surface area (Å²) in [7, 11) is 0. The summed E-state index contributed by atoms with van der Waals surface area (Å²) in [5.41, 5.74) is 4.07. The highest BCUT2D eigenvalue weighted by molar-refractivity contribution is 6.31. The summed E-state index contributed by atoms with van der Waals surface area (Å²) in [6.07, 6.45) is 0. The number of aromatic amines is 1. The summed E-state index contributed by atoms with van der Waals surface area (Å²) >= 11 is 6.40. The predicted molar refractivity (Wildman–Crippen MR) is 114 cm³/mol. The Morgan fingerprint density at radius 3 is 2.83 bits per heavy atom. The van der Waals surface area contributed by atoms with Crippen LogP contribution in [-0.2, 0) is 0 Å². The molecule has 0 spiro atoms. The third-order valence-corrected chi connectivity index (χ3v) is 5.56. The third kappa shape index (κ3) is 3.43. The molecule has 1 saturated heterocycles. The number of H-pyrrole nitrogens is 1. The SMILES string of the molecule is Cc1n[nH]c2ccc(-c3nnc(Cl)c(N4CCN[C@H](c5ccccc5)C4)n3)cc12. The molecule has 0 bridgehead atoms. The second-order valence-corrected chi connectivity index (χ2v) is 7.54. The van der Waals surface area contributed by atoms with Gasteiger partial charge >= 0.3 is 0 Å². The van der Waals surface area contributed by atoms with Crippen molar-refractivity contribution in [3.63, 3.8) is 0 Å². The number of aryl methyl sites for hydroxylation is 1. The van der Waals surface area contributed by atoms with E-state index in [1.165, 1.54) is 5.56 Å². The van der Waals surface area contributed by atoms with Crippen molar-refractivity contribution in [3.05, 3.63) is 64.9 Å². The maximum absolute atomic E-state index is 6.40. The van der Waals surface area contributed by atoms with Crippen LogP contribution in [0.25, 0.3) is 22.3 Å². The number of nitrogens with zero attached hydrogens (tertiary/aromatic N) is 5. The van der Waals surface area contributed by atoms with Crippen molar-refractivity contribution in [1.29, 1.82) is 0 Å². The number of aromatic nitrogens is 5. The van der Waals surface area contributed by atoms with Gasteiger partial charge in [0, 0.05) is 36.6 Å². The molecule has 4 aromatic rings. The van der Waals surface area contributed by atoms with Crippen LogP contribution in [0.1, 0.15) is 17.3 Å². The molecule has 3 heterocycles. The number of benzene rings is 2. The number of piperazine rings is 1. The Bertz CT molecular complexity index is 1160. The molecule has 2 N–H and O–H groups in total. The zero-order valence-electron chi connectivity index (χ0n) is 15.9. The second-order valence-electron chi connectivity index (χ2n) is 7.18. The van der Waals surface area contributed by atoms with E-state index in [4.69, 9.17) is 16.6 Å². The third-order valence-electron chi connectivity index (χ3n) is 5.32. The lowest BCUT2D eigenvalue weighted by Crippen LogP contribution is -2.46. The fourth-order valence-electron chi connectivity index (χ4n) is 3.76. The van der Waals surface area contributed by atoms with Gasteiger partial charge in [0.25, 0.3) is 0 Å². The summed E-state index contributed by atoms with van der Waals surface area (Å²) in [6.45, 7) is 4.39. The lowest BCUT2D eigenvalue weighted by Gasteiger charge is -2.34. The molecule has 1 aliphatic heterocycles. The number of anilines is 1. The molecule has 0 radical (unpaired) electrons. The van der Waals surface area contributed by atoms with Gasteiger partial charge in [-0.1, -0.05) is 41.9 Å². The lowest BCUT2D eigenvalue weighted by molar-refractivity contribution is 0.469. The van der Waals surface area contributed by atoms with Crippen molar-refractivity contribution in [2.75, 3.05) is 24.5 Å². The monoisotopic (exact) mass is 405 g/mol. The molecule has 8 heteroatoms. The Labute approximate surface area is 173 Å². The van der Waals surface area contributed by atoms with Crippen LogP contribution in [0.2, 0.25) is 5.15 Å². The highest BCUT2D eigenvalue weighted by atomic mass is 35.5. The molecule has 1 atom stereocenters. The first-order chi connectivity index (χ1) is 14.2. The van der Waals surface area contributed by atoms with Crippen LogP contribution in [-0.4, -0.2) is 45.0 Å². The molecule has 146 valence electrons. The minimum absolute atomic E-state index is 0.212. The minimum atomic E-state index is 0.212. The second kappa shape index (κ2) is 7.42. The van der Waals surface area contributed by atoms with Crippen molar-refractivity contribution in [1.82, 2.24) is 30.7 Å². The normalized spacial score (nSPS) is 17.0. The van der Waals surface area contributed by atoms with Gasteiger partial charge in [-0.2, -0.15) is 5.10 Å². The van der Waals surface area contributed by atoms with Gasteiger partial charge in [0.15, 0.2) is 16.8 Å². The van der Waals surface area contributed by atoms with E-state index in [1.807, 2.05) is 31.2 Å². The number of hydrogen-bond acceptors (Lipinski definition) is 6. The molecule has 0 aliphatic carbocycles. The number of nitrogens with one attached hydrogen (secondary N) is 2. The molecule has 0 saturated carbocycles. The lowest BCUT2D eigenvalue weighted by atomic mass is 10.0. The van der Waals surface area contributed by atoms with Crippen LogP contribution in [0.4, 0.5) is 5.82 Å². The molecular formula is C21H20ClN7.